The Kier molecular flexibility index (Phi) is 1.47. The monoisotopic (exact) mass is 166 g/mol. The Morgan fingerprint density at radius 2 is 1.83 bits per heavy atom. The molecule has 1 nitrogen and oxygen atoms in total. The van der Waals surface area contributed by atoms with Crippen molar-refractivity contribution >= 4 is 5.78 Å². The number of fused-ring (bicyclic) bond motifs is 1. The molecular formula is C11H18O. The minimum absolute atomic E-state index is 0.280. The van der Waals surface area contributed by atoms with Crippen LogP contribution in [0, 0.1) is 16.7 Å². The topological polar surface area (TPSA) is 17.1 Å². The molecule has 0 aromatic rings. The molecule has 0 saturated heterocycles. The van der Waals surface area contributed by atoms with Crippen LogP contribution in [-0.4, -0.2) is 5.78 Å². The molecule has 0 heterocycles. The van der Waals surface area contributed by atoms with Crippen LogP contribution in [0.5, 0.6) is 0 Å². The summed E-state index contributed by atoms with van der Waals surface area (Å²) < 4.78 is 0. The van der Waals surface area contributed by atoms with Crippen LogP contribution in [0.1, 0.15) is 46.5 Å². The van der Waals surface area contributed by atoms with Gasteiger partial charge in [-0.25, -0.2) is 0 Å². The van der Waals surface area contributed by atoms with E-state index >= 15 is 0 Å². The molecular weight excluding hydrogens is 148 g/mol. The second-order valence-corrected chi connectivity index (χ2v) is 5.54. The lowest BCUT2D eigenvalue weighted by molar-refractivity contribution is -0.124. The van der Waals surface area contributed by atoms with Gasteiger partial charge in [0.1, 0.15) is 5.78 Å². The first-order chi connectivity index (χ1) is 5.46. The van der Waals surface area contributed by atoms with Crippen LogP contribution in [0.25, 0.3) is 0 Å². The van der Waals surface area contributed by atoms with Gasteiger partial charge < -0.3 is 0 Å². The highest BCUT2D eigenvalue weighted by molar-refractivity contribution is 5.85. The second-order valence-electron chi connectivity index (χ2n) is 5.54. The van der Waals surface area contributed by atoms with E-state index in [1.807, 2.05) is 0 Å². The predicted molar refractivity (Wildman–Crippen MR) is 48.9 cm³/mol. The lowest BCUT2D eigenvalue weighted by Crippen LogP contribution is -2.29. The van der Waals surface area contributed by atoms with E-state index in [0.717, 1.165) is 12.8 Å². The molecule has 0 N–H and O–H groups in total. The lowest BCUT2D eigenvalue weighted by Gasteiger charge is -2.29. The van der Waals surface area contributed by atoms with Crippen LogP contribution in [0.3, 0.4) is 0 Å². The van der Waals surface area contributed by atoms with Crippen LogP contribution < -0.4 is 0 Å². The highest BCUT2D eigenvalue weighted by Gasteiger charge is 2.56. The minimum Gasteiger partial charge on any atom is -0.299 e. The van der Waals surface area contributed by atoms with Gasteiger partial charge in [-0.1, -0.05) is 20.8 Å². The number of carbonyl (C=O) groups excluding carboxylic acids is 1. The molecule has 0 aromatic carbocycles. The minimum atomic E-state index is 0.280. The molecule has 0 aromatic heterocycles. The van der Waals surface area contributed by atoms with Gasteiger partial charge in [0.25, 0.3) is 0 Å². The van der Waals surface area contributed by atoms with E-state index in [-0.39, 0.29) is 5.41 Å². The Morgan fingerprint density at radius 1 is 1.17 bits per heavy atom. The maximum Gasteiger partial charge on any atom is 0.137 e. The molecule has 2 rings (SSSR count). The molecule has 0 unspecified atom stereocenters. The van der Waals surface area contributed by atoms with Gasteiger partial charge in [0.2, 0.25) is 0 Å². The largest absolute Gasteiger partial charge is 0.299 e. The molecule has 0 spiro atoms. The summed E-state index contributed by atoms with van der Waals surface area (Å²) >= 11 is 0. The zero-order valence-electron chi connectivity index (χ0n) is 8.31. The molecule has 0 bridgehead atoms. The number of Topliss-reactive ketones (excluding diaryl/α,β-unsaturated/α-hetero) is 1. The summed E-state index contributed by atoms with van der Waals surface area (Å²) in [5, 5.41) is 0. The average Bonchev–Trinajstić information content (AvgIpc) is 2.36. The molecule has 2 aliphatic carbocycles. The summed E-state index contributed by atoms with van der Waals surface area (Å²) in [4.78, 5) is 11.7. The standard InChI is InChI=1S/C11H18O/c1-10(2)6-7-11(3)5-4-8(12)9(10)11/h9H,4-7H2,1-3H3/t9-,11+/m1/s1. The third kappa shape index (κ3) is 0.884. The Bertz CT molecular complexity index is 229. The first-order valence-corrected chi connectivity index (χ1v) is 4.98. The van der Waals surface area contributed by atoms with Crippen LogP contribution in [0.4, 0.5) is 0 Å². The van der Waals surface area contributed by atoms with Gasteiger partial charge in [-0.05, 0) is 30.1 Å². The van der Waals surface area contributed by atoms with Crippen LogP contribution in [0.15, 0.2) is 0 Å². The van der Waals surface area contributed by atoms with Crippen molar-refractivity contribution in [1.82, 2.24) is 0 Å². The maximum absolute atomic E-state index is 11.7. The Balaban J connectivity index is 2.37. The predicted octanol–water partition coefficient (Wildman–Crippen LogP) is 2.79. The van der Waals surface area contributed by atoms with Crippen molar-refractivity contribution in [2.45, 2.75) is 46.5 Å². The lowest BCUT2D eigenvalue weighted by atomic mass is 9.73. The summed E-state index contributed by atoms with van der Waals surface area (Å²) in [7, 11) is 0. The Hall–Kier alpha value is -0.330. The third-order valence-corrected chi connectivity index (χ3v) is 4.08. The molecule has 2 saturated carbocycles. The average molecular weight is 166 g/mol. The van der Waals surface area contributed by atoms with Crippen LogP contribution in [0.2, 0.25) is 0 Å². The number of hydrogen-bond acceptors (Lipinski definition) is 1. The molecule has 0 radical (unpaired) electrons. The Labute approximate surface area is 74.5 Å². The van der Waals surface area contributed by atoms with Crippen LogP contribution >= 0.6 is 0 Å². The van der Waals surface area contributed by atoms with E-state index in [0.29, 0.717) is 17.1 Å². The van der Waals surface area contributed by atoms with E-state index < -0.39 is 0 Å². The molecule has 0 amide bonds. The highest BCUT2D eigenvalue weighted by Crippen LogP contribution is 2.60. The fourth-order valence-electron chi connectivity index (χ4n) is 3.49. The fraction of sp³-hybridized carbons (Fsp3) is 0.909. The third-order valence-electron chi connectivity index (χ3n) is 4.08. The van der Waals surface area contributed by atoms with Gasteiger partial charge in [-0.3, -0.25) is 4.79 Å². The highest BCUT2D eigenvalue weighted by atomic mass is 16.1. The van der Waals surface area contributed by atoms with E-state index in [1.54, 1.807) is 0 Å². The van der Waals surface area contributed by atoms with Crippen molar-refractivity contribution in [3.05, 3.63) is 0 Å². The zero-order valence-corrected chi connectivity index (χ0v) is 8.31. The summed E-state index contributed by atoms with van der Waals surface area (Å²) in [6, 6.07) is 0. The van der Waals surface area contributed by atoms with Gasteiger partial charge in [0.15, 0.2) is 0 Å². The van der Waals surface area contributed by atoms with Gasteiger partial charge >= 0.3 is 0 Å². The number of hydrogen-bond donors (Lipinski definition) is 0. The zero-order chi connectivity index (χ0) is 8.98. The summed E-state index contributed by atoms with van der Waals surface area (Å²) in [6.45, 7) is 6.82. The molecule has 2 atom stereocenters. The van der Waals surface area contributed by atoms with Crippen molar-refractivity contribution in [3.63, 3.8) is 0 Å². The molecule has 12 heavy (non-hydrogen) atoms. The van der Waals surface area contributed by atoms with E-state index in [2.05, 4.69) is 20.8 Å². The van der Waals surface area contributed by atoms with Crippen molar-refractivity contribution in [1.29, 1.82) is 0 Å². The van der Waals surface area contributed by atoms with E-state index in [4.69, 9.17) is 0 Å². The van der Waals surface area contributed by atoms with Gasteiger partial charge in [0, 0.05) is 12.3 Å². The number of ketones is 1. The molecule has 1 heteroatoms. The maximum atomic E-state index is 11.7. The quantitative estimate of drug-likeness (QED) is 0.541. The van der Waals surface area contributed by atoms with Gasteiger partial charge in [0.05, 0.1) is 0 Å². The van der Waals surface area contributed by atoms with Crippen molar-refractivity contribution in [3.8, 4) is 0 Å². The second kappa shape index (κ2) is 2.12. The van der Waals surface area contributed by atoms with Crippen molar-refractivity contribution < 1.29 is 4.79 Å². The fourth-order valence-corrected chi connectivity index (χ4v) is 3.49. The van der Waals surface area contributed by atoms with E-state index in [1.165, 1.54) is 12.8 Å². The molecule has 0 aliphatic heterocycles. The first kappa shape index (κ1) is 8.28. The SMILES string of the molecule is CC1(C)CC[C@]2(C)CCC(=O)[C@H]12. The number of carbonyl (C=O) groups is 1. The van der Waals surface area contributed by atoms with E-state index in [9.17, 15) is 4.79 Å². The summed E-state index contributed by atoms with van der Waals surface area (Å²) in [6.07, 6.45) is 4.47. The van der Waals surface area contributed by atoms with Crippen LogP contribution in [-0.2, 0) is 4.79 Å². The van der Waals surface area contributed by atoms with Gasteiger partial charge in [-0.2, -0.15) is 0 Å². The smallest absolute Gasteiger partial charge is 0.137 e. The summed E-state index contributed by atoms with van der Waals surface area (Å²) in [5.41, 5.74) is 0.642. The number of rotatable bonds is 0. The first-order valence-electron chi connectivity index (χ1n) is 4.98. The van der Waals surface area contributed by atoms with Gasteiger partial charge in [-0.15, -0.1) is 0 Å². The van der Waals surface area contributed by atoms with Crippen molar-refractivity contribution in [2.24, 2.45) is 16.7 Å². The Morgan fingerprint density at radius 3 is 2.42 bits per heavy atom. The molecule has 2 fully saturated rings. The summed E-state index contributed by atoms with van der Waals surface area (Å²) in [5.74, 6) is 0.894. The molecule has 2 aliphatic rings. The normalized spacial score (nSPS) is 44.9. The van der Waals surface area contributed by atoms with Crippen molar-refractivity contribution in [2.75, 3.05) is 0 Å². The molecule has 68 valence electrons.